The molecule has 2 heterocycles. The normalized spacial score (nSPS) is 11.3. The van der Waals surface area contributed by atoms with Crippen LogP contribution in [0.2, 0.25) is 0 Å². The molecule has 0 aromatic carbocycles. The van der Waals surface area contributed by atoms with E-state index in [-0.39, 0.29) is 18.0 Å². The number of nitrogens with one attached hydrogen (secondary N) is 2. The summed E-state index contributed by atoms with van der Waals surface area (Å²) in [5.74, 6) is 1.21. The van der Waals surface area contributed by atoms with Crippen molar-refractivity contribution in [2.45, 2.75) is 46.1 Å². The van der Waals surface area contributed by atoms with Gasteiger partial charge in [-0.3, -0.25) is 0 Å². The fourth-order valence-electron chi connectivity index (χ4n) is 1.67. The van der Waals surface area contributed by atoms with E-state index in [1.165, 1.54) is 0 Å². The Labute approximate surface area is 129 Å². The molecule has 0 saturated carbocycles. The predicted molar refractivity (Wildman–Crippen MR) is 82.5 cm³/mol. The Balaban J connectivity index is 1.85. The van der Waals surface area contributed by atoms with Crippen LogP contribution >= 0.6 is 0 Å². The maximum absolute atomic E-state index is 11.8. The van der Waals surface area contributed by atoms with E-state index in [1.807, 2.05) is 6.92 Å². The Morgan fingerprint density at radius 1 is 1.27 bits per heavy atom. The van der Waals surface area contributed by atoms with E-state index < -0.39 is 0 Å². The van der Waals surface area contributed by atoms with Crippen LogP contribution in [0.15, 0.2) is 23.1 Å². The van der Waals surface area contributed by atoms with Crippen LogP contribution in [0.3, 0.4) is 0 Å². The molecule has 0 bridgehead atoms. The van der Waals surface area contributed by atoms with Gasteiger partial charge in [0.05, 0.1) is 30.3 Å². The lowest BCUT2D eigenvalue weighted by molar-refractivity contribution is 0.250. The Morgan fingerprint density at radius 3 is 2.50 bits per heavy atom. The number of nitrogens with zero attached hydrogens (tertiary/aromatic N) is 3. The summed E-state index contributed by atoms with van der Waals surface area (Å²) in [6, 6.07) is -0.358. The minimum atomic E-state index is -0.358. The van der Waals surface area contributed by atoms with Gasteiger partial charge in [0.1, 0.15) is 12.1 Å². The molecule has 2 aromatic rings. The standard InChI is InChI=1S/C15H21N5O2/c1-5-12-16-6-10(7-17-12)19-14(21)18-8-13-20-11(9-22-13)15(2,3)4/h6-7,9H,5,8H2,1-4H3,(H2,18,19,21). The predicted octanol–water partition coefficient (Wildman–Crippen LogP) is 2.65. The summed E-state index contributed by atoms with van der Waals surface area (Å²) in [7, 11) is 0. The van der Waals surface area contributed by atoms with Crippen molar-refractivity contribution in [2.75, 3.05) is 5.32 Å². The molecular weight excluding hydrogens is 282 g/mol. The van der Waals surface area contributed by atoms with E-state index in [1.54, 1.807) is 18.7 Å². The minimum absolute atomic E-state index is 0.0810. The number of carbonyl (C=O) groups excluding carboxylic acids is 1. The van der Waals surface area contributed by atoms with Crippen LogP contribution in [0, 0.1) is 0 Å². The fraction of sp³-hybridized carbons (Fsp3) is 0.467. The minimum Gasteiger partial charge on any atom is -0.447 e. The number of urea groups is 1. The van der Waals surface area contributed by atoms with Crippen LogP contribution in [-0.4, -0.2) is 21.0 Å². The monoisotopic (exact) mass is 303 g/mol. The largest absolute Gasteiger partial charge is 0.447 e. The average Bonchev–Trinajstić information content (AvgIpc) is 2.95. The summed E-state index contributed by atoms with van der Waals surface area (Å²) in [5.41, 5.74) is 1.31. The summed E-state index contributed by atoms with van der Waals surface area (Å²) in [6.07, 6.45) is 5.53. The zero-order valence-corrected chi connectivity index (χ0v) is 13.3. The van der Waals surface area contributed by atoms with Gasteiger partial charge in [-0.1, -0.05) is 27.7 Å². The van der Waals surface area contributed by atoms with Crippen molar-refractivity contribution < 1.29 is 9.21 Å². The van der Waals surface area contributed by atoms with Crippen molar-refractivity contribution in [1.29, 1.82) is 0 Å². The second-order valence-electron chi connectivity index (χ2n) is 5.93. The molecule has 2 aromatic heterocycles. The van der Waals surface area contributed by atoms with Crippen LogP contribution in [0.5, 0.6) is 0 Å². The molecule has 7 heteroatoms. The number of carbonyl (C=O) groups is 1. The number of anilines is 1. The van der Waals surface area contributed by atoms with Gasteiger partial charge in [0, 0.05) is 11.8 Å². The van der Waals surface area contributed by atoms with E-state index in [4.69, 9.17) is 4.42 Å². The first kappa shape index (κ1) is 15.9. The Morgan fingerprint density at radius 2 is 1.95 bits per heavy atom. The third-order valence-corrected chi connectivity index (χ3v) is 3.00. The van der Waals surface area contributed by atoms with Gasteiger partial charge in [0.15, 0.2) is 0 Å². The van der Waals surface area contributed by atoms with Crippen molar-refractivity contribution in [1.82, 2.24) is 20.3 Å². The highest BCUT2D eigenvalue weighted by Gasteiger charge is 2.18. The lowest BCUT2D eigenvalue weighted by Crippen LogP contribution is -2.28. The maximum atomic E-state index is 11.8. The molecular formula is C15H21N5O2. The molecule has 0 spiro atoms. The molecule has 0 fully saturated rings. The van der Waals surface area contributed by atoms with E-state index in [9.17, 15) is 4.79 Å². The number of aromatic nitrogens is 3. The number of amides is 2. The van der Waals surface area contributed by atoms with Crippen molar-refractivity contribution in [3.05, 3.63) is 36.1 Å². The third kappa shape index (κ3) is 4.28. The molecule has 118 valence electrons. The van der Waals surface area contributed by atoms with Crippen LogP contribution in [-0.2, 0) is 18.4 Å². The van der Waals surface area contributed by atoms with Crippen molar-refractivity contribution in [3.8, 4) is 0 Å². The number of hydrogen-bond acceptors (Lipinski definition) is 5. The molecule has 2 N–H and O–H groups in total. The summed E-state index contributed by atoms with van der Waals surface area (Å²) in [4.78, 5) is 24.4. The second kappa shape index (κ2) is 6.55. The first-order valence-corrected chi connectivity index (χ1v) is 7.19. The summed E-state index contributed by atoms with van der Waals surface area (Å²) >= 11 is 0. The number of rotatable bonds is 4. The van der Waals surface area contributed by atoms with Gasteiger partial charge in [-0.15, -0.1) is 0 Å². The average molecular weight is 303 g/mol. The first-order valence-electron chi connectivity index (χ1n) is 7.19. The van der Waals surface area contributed by atoms with Gasteiger partial charge in [-0.2, -0.15) is 0 Å². The molecule has 0 aliphatic heterocycles. The quantitative estimate of drug-likeness (QED) is 0.905. The topological polar surface area (TPSA) is 92.9 Å². The summed E-state index contributed by atoms with van der Waals surface area (Å²) < 4.78 is 5.34. The van der Waals surface area contributed by atoms with E-state index in [0.29, 0.717) is 11.6 Å². The fourth-order valence-corrected chi connectivity index (χ4v) is 1.67. The van der Waals surface area contributed by atoms with Crippen LogP contribution in [0.1, 0.15) is 45.1 Å². The van der Waals surface area contributed by atoms with Gasteiger partial charge in [0.2, 0.25) is 5.89 Å². The highest BCUT2D eigenvalue weighted by Crippen LogP contribution is 2.20. The van der Waals surface area contributed by atoms with E-state index >= 15 is 0 Å². The molecule has 2 rings (SSSR count). The van der Waals surface area contributed by atoms with Gasteiger partial charge < -0.3 is 15.1 Å². The first-order chi connectivity index (χ1) is 10.4. The van der Waals surface area contributed by atoms with E-state index in [2.05, 4.69) is 46.4 Å². The highest BCUT2D eigenvalue weighted by molar-refractivity contribution is 5.88. The highest BCUT2D eigenvalue weighted by atomic mass is 16.3. The maximum Gasteiger partial charge on any atom is 0.319 e. The molecule has 0 unspecified atom stereocenters. The lowest BCUT2D eigenvalue weighted by atomic mass is 9.93. The van der Waals surface area contributed by atoms with Gasteiger partial charge in [0.25, 0.3) is 0 Å². The molecule has 0 aliphatic rings. The zero-order valence-electron chi connectivity index (χ0n) is 13.3. The molecule has 7 nitrogen and oxygen atoms in total. The Kier molecular flexibility index (Phi) is 4.75. The third-order valence-electron chi connectivity index (χ3n) is 3.00. The molecule has 22 heavy (non-hydrogen) atoms. The van der Waals surface area contributed by atoms with Crippen LogP contribution < -0.4 is 10.6 Å². The zero-order chi connectivity index (χ0) is 16.2. The van der Waals surface area contributed by atoms with Crippen LogP contribution in [0.25, 0.3) is 0 Å². The second-order valence-corrected chi connectivity index (χ2v) is 5.93. The summed E-state index contributed by atoms with van der Waals surface area (Å²) in [5, 5.41) is 5.33. The number of oxazole rings is 1. The van der Waals surface area contributed by atoms with Gasteiger partial charge >= 0.3 is 6.03 Å². The lowest BCUT2D eigenvalue weighted by Gasteiger charge is -2.13. The molecule has 0 aliphatic carbocycles. The van der Waals surface area contributed by atoms with Gasteiger partial charge in [-0.05, 0) is 0 Å². The SMILES string of the molecule is CCc1ncc(NC(=O)NCc2nc(C(C)(C)C)co2)cn1. The molecule has 0 saturated heterocycles. The molecule has 2 amide bonds. The van der Waals surface area contributed by atoms with Crippen LogP contribution in [0.4, 0.5) is 10.5 Å². The van der Waals surface area contributed by atoms with Crippen molar-refractivity contribution >= 4 is 11.7 Å². The number of hydrogen-bond donors (Lipinski definition) is 2. The molecule has 0 atom stereocenters. The smallest absolute Gasteiger partial charge is 0.319 e. The Hall–Kier alpha value is -2.44. The van der Waals surface area contributed by atoms with E-state index in [0.717, 1.165) is 17.9 Å². The number of aryl methyl sites for hydroxylation is 1. The molecule has 0 radical (unpaired) electrons. The van der Waals surface area contributed by atoms with Crippen molar-refractivity contribution in [2.24, 2.45) is 0 Å². The van der Waals surface area contributed by atoms with Crippen molar-refractivity contribution in [3.63, 3.8) is 0 Å². The van der Waals surface area contributed by atoms with Gasteiger partial charge in [-0.25, -0.2) is 19.7 Å². The summed E-state index contributed by atoms with van der Waals surface area (Å²) in [6.45, 7) is 8.34. The Bertz CT molecular complexity index is 628.